The number of benzene rings is 3. The molecule has 0 bridgehead atoms. The van der Waals surface area contributed by atoms with Gasteiger partial charge in [0.1, 0.15) is 24.3 Å². The summed E-state index contributed by atoms with van der Waals surface area (Å²) in [5.41, 5.74) is 4.74. The predicted octanol–water partition coefficient (Wildman–Crippen LogP) is 4.19. The normalized spacial score (nSPS) is 18.0. The van der Waals surface area contributed by atoms with Gasteiger partial charge in [0, 0.05) is 24.7 Å². The second-order valence-corrected chi connectivity index (χ2v) is 12.1. The number of amides is 2. The molecule has 10 heteroatoms. The molecule has 1 aromatic heterocycles. The Bertz CT molecular complexity index is 1830. The summed E-state index contributed by atoms with van der Waals surface area (Å²) in [7, 11) is 2.04. The number of H-pyrrole nitrogens is 1. The first-order chi connectivity index (χ1) is 22.4. The highest BCUT2D eigenvalue weighted by atomic mass is 16.5. The summed E-state index contributed by atoms with van der Waals surface area (Å²) < 4.78 is 5.88. The van der Waals surface area contributed by atoms with E-state index >= 15 is 0 Å². The van der Waals surface area contributed by atoms with Crippen LogP contribution < -0.4 is 10.1 Å². The van der Waals surface area contributed by atoms with Gasteiger partial charge in [0.15, 0.2) is 5.78 Å². The van der Waals surface area contributed by atoms with Gasteiger partial charge < -0.3 is 25.0 Å². The highest BCUT2D eigenvalue weighted by molar-refractivity contribution is 6.24. The fourth-order valence-electron chi connectivity index (χ4n) is 6.37. The summed E-state index contributed by atoms with van der Waals surface area (Å²) >= 11 is 0. The number of rotatable bonds is 9. The lowest BCUT2D eigenvalue weighted by atomic mass is 10.00. The smallest absolute Gasteiger partial charge is 0.261 e. The van der Waals surface area contributed by atoms with Crippen molar-refractivity contribution in [1.29, 1.82) is 0 Å². The van der Waals surface area contributed by atoms with Gasteiger partial charge >= 0.3 is 0 Å². The fraction of sp³-hybridized carbons (Fsp3) is 0.278. The third-order valence-electron chi connectivity index (χ3n) is 8.86. The molecule has 1 fully saturated rings. The summed E-state index contributed by atoms with van der Waals surface area (Å²) in [6.07, 6.45) is 4.42. The van der Waals surface area contributed by atoms with E-state index in [-0.39, 0.29) is 43.2 Å². The third-order valence-corrected chi connectivity index (χ3v) is 8.86. The van der Waals surface area contributed by atoms with Crippen molar-refractivity contribution in [3.63, 3.8) is 0 Å². The summed E-state index contributed by atoms with van der Waals surface area (Å²) in [5, 5.41) is 13.9. The number of aliphatic hydroxyl groups is 1. The number of Topliss-reactive ketones (excluding diaryl/α,β-unsaturated/α-hetero) is 1. The summed E-state index contributed by atoms with van der Waals surface area (Å²) in [6.45, 7) is 1.87. The monoisotopic (exact) mass is 617 g/mol. The molecule has 46 heavy (non-hydrogen) atoms. The summed E-state index contributed by atoms with van der Waals surface area (Å²) in [5.74, 6) is 0.275. The molecule has 2 amide bonds. The maximum Gasteiger partial charge on any atom is 0.261 e. The van der Waals surface area contributed by atoms with Gasteiger partial charge in [0.25, 0.3) is 11.8 Å². The largest absolute Gasteiger partial charge is 0.491 e. The maximum atomic E-state index is 13.4. The van der Waals surface area contributed by atoms with Gasteiger partial charge in [-0.2, -0.15) is 0 Å². The number of aliphatic hydroxyl groups excluding tert-OH is 1. The number of imidazole rings is 1. The van der Waals surface area contributed by atoms with Gasteiger partial charge in [-0.05, 0) is 74.4 Å². The second kappa shape index (κ2) is 12.4. The highest BCUT2D eigenvalue weighted by Crippen LogP contribution is 2.33. The maximum absolute atomic E-state index is 13.4. The van der Waals surface area contributed by atoms with Gasteiger partial charge in [-0.3, -0.25) is 19.3 Å². The minimum absolute atomic E-state index is 0.0539. The van der Waals surface area contributed by atoms with E-state index in [9.17, 15) is 19.5 Å². The van der Waals surface area contributed by atoms with Crippen LogP contribution in [0.4, 0.5) is 0 Å². The molecule has 0 unspecified atom stereocenters. The number of hydrogen-bond acceptors (Lipinski definition) is 8. The number of allylic oxidation sites excluding steroid dienone is 3. The van der Waals surface area contributed by atoms with E-state index in [2.05, 4.69) is 20.2 Å². The molecule has 4 aromatic rings. The number of nitrogens with zero attached hydrogens (tertiary/aromatic N) is 3. The number of aromatic nitrogens is 2. The van der Waals surface area contributed by atoms with Crippen molar-refractivity contribution in [2.75, 3.05) is 33.3 Å². The van der Waals surface area contributed by atoms with E-state index in [1.807, 2.05) is 61.6 Å². The lowest BCUT2D eigenvalue weighted by molar-refractivity contribution is -0.113. The fourth-order valence-corrected chi connectivity index (χ4v) is 6.37. The Kier molecular flexibility index (Phi) is 7.98. The van der Waals surface area contributed by atoms with E-state index < -0.39 is 6.10 Å². The van der Waals surface area contributed by atoms with Crippen LogP contribution in [-0.4, -0.2) is 87.9 Å². The average Bonchev–Trinajstić information content (AvgIpc) is 3.59. The molecule has 0 spiro atoms. The Hall–Kier alpha value is -5.06. The second-order valence-electron chi connectivity index (χ2n) is 12.1. The SMILES string of the molecule is CN1CCC(N2C(=O)c3cc4nc(C5=C(NC[C@@H](O)COc6cccc(-c7ccccc7)c6)C=CCC5=O)[nH]c4cc3C2=O)CC1. The molecule has 3 heterocycles. The van der Waals surface area contributed by atoms with Gasteiger partial charge in [-0.15, -0.1) is 0 Å². The molecular weight excluding hydrogens is 582 g/mol. The Balaban J connectivity index is 1.06. The van der Waals surface area contributed by atoms with E-state index in [4.69, 9.17) is 4.74 Å². The standard InChI is InChI=1S/C36H35N5O5/c1-40-15-13-24(14-16-40)41-35(44)27-18-30-31(19-28(27)36(41)45)39-34(38-30)33-29(11-6-12-32(33)43)37-20-25(42)21-46-26-10-5-9-23(17-26)22-7-3-2-4-8-22/h2-11,17-19,24-25,37,42H,12-16,20-21H2,1H3,(H,38,39)/t25-/m1/s1. The number of likely N-dealkylation sites (tertiary alicyclic amines) is 1. The predicted molar refractivity (Wildman–Crippen MR) is 174 cm³/mol. The van der Waals surface area contributed by atoms with Crippen molar-refractivity contribution < 1.29 is 24.2 Å². The molecule has 234 valence electrons. The molecule has 1 saturated heterocycles. The van der Waals surface area contributed by atoms with Crippen LogP contribution in [0, 0.1) is 0 Å². The van der Waals surface area contributed by atoms with Crippen LogP contribution in [0.15, 0.2) is 84.6 Å². The van der Waals surface area contributed by atoms with E-state index in [0.717, 1.165) is 37.1 Å². The van der Waals surface area contributed by atoms with E-state index in [0.29, 0.717) is 45.0 Å². The van der Waals surface area contributed by atoms with Crippen LogP contribution in [0.25, 0.3) is 27.7 Å². The Morgan fingerprint density at radius 2 is 1.72 bits per heavy atom. The number of carbonyl (C=O) groups excluding carboxylic acids is 3. The Morgan fingerprint density at radius 1 is 0.978 bits per heavy atom. The van der Waals surface area contributed by atoms with Crippen LogP contribution >= 0.6 is 0 Å². The van der Waals surface area contributed by atoms with E-state index in [1.54, 1.807) is 24.3 Å². The van der Waals surface area contributed by atoms with Crippen LogP contribution in [0.1, 0.15) is 45.8 Å². The first kappa shape index (κ1) is 29.6. The number of ketones is 1. The number of imide groups is 1. The molecule has 3 N–H and O–H groups in total. The quantitative estimate of drug-likeness (QED) is 0.239. The van der Waals surface area contributed by atoms with Crippen molar-refractivity contribution in [3.8, 4) is 16.9 Å². The number of carbonyl (C=O) groups is 3. The number of ether oxygens (including phenoxy) is 1. The van der Waals surface area contributed by atoms with Crippen LogP contribution in [0.2, 0.25) is 0 Å². The zero-order chi connectivity index (χ0) is 31.8. The molecule has 1 atom stereocenters. The number of aromatic amines is 1. The lowest BCUT2D eigenvalue weighted by Crippen LogP contribution is -2.46. The van der Waals surface area contributed by atoms with Crippen LogP contribution in [-0.2, 0) is 4.79 Å². The summed E-state index contributed by atoms with van der Waals surface area (Å²) in [6, 6.07) is 20.9. The van der Waals surface area contributed by atoms with Crippen molar-refractivity contribution >= 4 is 34.2 Å². The van der Waals surface area contributed by atoms with Gasteiger partial charge in [-0.25, -0.2) is 4.98 Å². The Labute approximate surface area is 266 Å². The minimum atomic E-state index is -0.859. The summed E-state index contributed by atoms with van der Waals surface area (Å²) in [4.78, 5) is 51.3. The minimum Gasteiger partial charge on any atom is -0.491 e. The third kappa shape index (κ3) is 5.73. The molecule has 0 radical (unpaired) electrons. The molecule has 1 aliphatic carbocycles. The van der Waals surface area contributed by atoms with Gasteiger partial charge in [0.2, 0.25) is 0 Å². The molecule has 2 aliphatic heterocycles. The molecule has 3 aliphatic rings. The first-order valence-electron chi connectivity index (χ1n) is 15.6. The van der Waals surface area contributed by atoms with Crippen molar-refractivity contribution in [2.24, 2.45) is 0 Å². The van der Waals surface area contributed by atoms with Crippen LogP contribution in [0.5, 0.6) is 5.75 Å². The number of nitrogens with one attached hydrogen (secondary N) is 2. The number of piperidine rings is 1. The van der Waals surface area contributed by atoms with Gasteiger partial charge in [-0.1, -0.05) is 48.5 Å². The lowest BCUT2D eigenvalue weighted by Gasteiger charge is -2.33. The van der Waals surface area contributed by atoms with Crippen molar-refractivity contribution in [2.45, 2.75) is 31.4 Å². The molecule has 0 saturated carbocycles. The molecule has 10 nitrogen and oxygen atoms in total. The molecule has 3 aromatic carbocycles. The molecular formula is C36H35N5O5. The number of fused-ring (bicyclic) bond motifs is 2. The van der Waals surface area contributed by atoms with Gasteiger partial charge in [0.05, 0.1) is 27.7 Å². The average molecular weight is 618 g/mol. The molecule has 7 rings (SSSR count). The van der Waals surface area contributed by atoms with Crippen LogP contribution in [0.3, 0.4) is 0 Å². The zero-order valence-electron chi connectivity index (χ0n) is 25.5. The van der Waals surface area contributed by atoms with Crippen molar-refractivity contribution in [1.82, 2.24) is 25.1 Å². The first-order valence-corrected chi connectivity index (χ1v) is 15.6. The Morgan fingerprint density at radius 3 is 2.50 bits per heavy atom. The van der Waals surface area contributed by atoms with E-state index in [1.165, 1.54) is 4.90 Å². The van der Waals surface area contributed by atoms with Crippen molar-refractivity contribution in [3.05, 3.63) is 102 Å². The topological polar surface area (TPSA) is 128 Å². The number of hydrogen-bond donors (Lipinski definition) is 3. The zero-order valence-corrected chi connectivity index (χ0v) is 25.5. The highest BCUT2D eigenvalue weighted by Gasteiger charge is 2.41.